The Labute approximate surface area is 111 Å². The Balaban J connectivity index is 2.36. The lowest BCUT2D eigenvalue weighted by molar-refractivity contribution is -0.137. The molecule has 7 heteroatoms. The second-order valence-corrected chi connectivity index (χ2v) is 4.27. The van der Waals surface area contributed by atoms with E-state index in [2.05, 4.69) is 5.10 Å². The largest absolute Gasteiger partial charge is 0.417 e. The molecule has 3 nitrogen and oxygen atoms in total. The second kappa shape index (κ2) is 5.07. The van der Waals surface area contributed by atoms with E-state index < -0.39 is 28.9 Å². The van der Waals surface area contributed by atoms with Crippen LogP contribution in [0.2, 0.25) is 0 Å². The van der Waals surface area contributed by atoms with Gasteiger partial charge in [0.1, 0.15) is 5.82 Å². The lowest BCUT2D eigenvalue weighted by Gasteiger charge is -2.11. The van der Waals surface area contributed by atoms with Gasteiger partial charge in [0.05, 0.1) is 17.7 Å². The van der Waals surface area contributed by atoms with Gasteiger partial charge >= 0.3 is 6.18 Å². The van der Waals surface area contributed by atoms with Gasteiger partial charge in [0.2, 0.25) is 0 Å². The number of Topliss-reactive ketones (excluding diaryl/α,β-unsaturated/α-hetero) is 1. The van der Waals surface area contributed by atoms with Gasteiger partial charge in [-0.15, -0.1) is 0 Å². The molecule has 0 radical (unpaired) electrons. The minimum absolute atomic E-state index is 0.312. The zero-order valence-corrected chi connectivity index (χ0v) is 10.4. The van der Waals surface area contributed by atoms with Gasteiger partial charge in [-0.2, -0.15) is 18.3 Å². The lowest BCUT2D eigenvalue weighted by Crippen LogP contribution is -2.15. The number of hydrogen-bond acceptors (Lipinski definition) is 2. The molecule has 1 aromatic carbocycles. The molecule has 0 saturated carbocycles. The van der Waals surface area contributed by atoms with E-state index >= 15 is 0 Å². The molecule has 20 heavy (non-hydrogen) atoms. The maximum absolute atomic E-state index is 13.1. The lowest BCUT2D eigenvalue weighted by atomic mass is 10.00. The van der Waals surface area contributed by atoms with Gasteiger partial charge in [-0.3, -0.25) is 9.48 Å². The molecule has 2 rings (SSSR count). The summed E-state index contributed by atoms with van der Waals surface area (Å²) in [6.07, 6.45) is -3.45. The highest BCUT2D eigenvalue weighted by Gasteiger charge is 2.35. The van der Waals surface area contributed by atoms with E-state index in [1.807, 2.05) is 0 Å². The standard InChI is InChI=1S/C13H10F4N2O/c1-19-5-4-9(18-19)7-12(20)10-6-8(14)2-3-11(10)13(15,16)17/h2-6H,7H2,1H3. The Kier molecular flexibility index (Phi) is 3.61. The summed E-state index contributed by atoms with van der Waals surface area (Å²) >= 11 is 0. The molecule has 1 aromatic heterocycles. The highest BCUT2D eigenvalue weighted by Crippen LogP contribution is 2.32. The number of halogens is 4. The monoisotopic (exact) mass is 286 g/mol. The number of nitrogens with zero attached hydrogens (tertiary/aromatic N) is 2. The number of aromatic nitrogens is 2. The van der Waals surface area contributed by atoms with Crippen LogP contribution in [0.25, 0.3) is 0 Å². The number of carbonyl (C=O) groups is 1. The first-order chi connectivity index (χ1) is 9.27. The van der Waals surface area contributed by atoms with Gasteiger partial charge in [-0.1, -0.05) is 0 Å². The summed E-state index contributed by atoms with van der Waals surface area (Å²) in [5, 5.41) is 3.91. The molecule has 0 amide bonds. The molecule has 0 aliphatic heterocycles. The minimum atomic E-state index is -4.71. The van der Waals surface area contributed by atoms with Crippen molar-refractivity contribution in [3.63, 3.8) is 0 Å². The van der Waals surface area contributed by atoms with Gasteiger partial charge in [0, 0.05) is 18.8 Å². The van der Waals surface area contributed by atoms with E-state index in [1.54, 1.807) is 13.2 Å². The molecule has 1 heterocycles. The number of alkyl halides is 3. The Morgan fingerprint density at radius 1 is 1.30 bits per heavy atom. The Morgan fingerprint density at radius 2 is 2.00 bits per heavy atom. The number of benzene rings is 1. The molecule has 0 saturated heterocycles. The molecule has 0 aliphatic carbocycles. The number of ketones is 1. The van der Waals surface area contributed by atoms with E-state index in [0.717, 1.165) is 0 Å². The van der Waals surface area contributed by atoms with Crippen molar-refractivity contribution in [2.24, 2.45) is 7.05 Å². The highest BCUT2D eigenvalue weighted by molar-refractivity contribution is 5.98. The van der Waals surface area contributed by atoms with Crippen molar-refractivity contribution in [1.29, 1.82) is 0 Å². The number of hydrogen-bond donors (Lipinski definition) is 0. The summed E-state index contributed by atoms with van der Waals surface area (Å²) < 4.78 is 52.9. The maximum atomic E-state index is 13.1. The zero-order chi connectivity index (χ0) is 14.9. The molecule has 0 aliphatic rings. The zero-order valence-electron chi connectivity index (χ0n) is 10.4. The van der Waals surface area contributed by atoms with Crippen LogP contribution in [-0.2, 0) is 19.6 Å². The first kappa shape index (κ1) is 14.2. The van der Waals surface area contributed by atoms with Crippen LogP contribution in [0.4, 0.5) is 17.6 Å². The van der Waals surface area contributed by atoms with Gasteiger partial charge < -0.3 is 0 Å². The van der Waals surface area contributed by atoms with Gasteiger partial charge in [-0.05, 0) is 24.3 Å². The summed E-state index contributed by atoms with van der Waals surface area (Å²) in [4.78, 5) is 11.9. The first-order valence-electron chi connectivity index (χ1n) is 5.66. The predicted molar refractivity (Wildman–Crippen MR) is 62.6 cm³/mol. The van der Waals surface area contributed by atoms with Gasteiger partial charge in [0.15, 0.2) is 5.78 Å². The minimum Gasteiger partial charge on any atom is -0.294 e. The molecule has 0 bridgehead atoms. The van der Waals surface area contributed by atoms with E-state index in [-0.39, 0.29) is 6.42 Å². The summed E-state index contributed by atoms with van der Waals surface area (Å²) in [7, 11) is 1.62. The van der Waals surface area contributed by atoms with Crippen LogP contribution in [0.5, 0.6) is 0 Å². The average molecular weight is 286 g/mol. The smallest absolute Gasteiger partial charge is 0.294 e. The van der Waals surface area contributed by atoms with Crippen LogP contribution in [0.1, 0.15) is 21.6 Å². The normalized spacial score (nSPS) is 11.7. The van der Waals surface area contributed by atoms with Crippen molar-refractivity contribution in [2.75, 3.05) is 0 Å². The third-order valence-corrected chi connectivity index (χ3v) is 2.70. The number of carbonyl (C=O) groups excluding carboxylic acids is 1. The first-order valence-corrected chi connectivity index (χ1v) is 5.66. The van der Waals surface area contributed by atoms with Crippen molar-refractivity contribution in [1.82, 2.24) is 9.78 Å². The van der Waals surface area contributed by atoms with Crippen LogP contribution in [0.3, 0.4) is 0 Å². The second-order valence-electron chi connectivity index (χ2n) is 4.27. The molecular weight excluding hydrogens is 276 g/mol. The van der Waals surface area contributed by atoms with E-state index in [9.17, 15) is 22.4 Å². The van der Waals surface area contributed by atoms with E-state index in [0.29, 0.717) is 23.9 Å². The predicted octanol–water partition coefficient (Wildman–Crippen LogP) is 3.00. The van der Waals surface area contributed by atoms with Crippen LogP contribution in [0.15, 0.2) is 30.5 Å². The van der Waals surface area contributed by atoms with Crippen LogP contribution in [-0.4, -0.2) is 15.6 Å². The molecule has 2 aromatic rings. The van der Waals surface area contributed by atoms with Gasteiger partial charge in [0.25, 0.3) is 0 Å². The maximum Gasteiger partial charge on any atom is 0.417 e. The van der Waals surface area contributed by atoms with E-state index in [1.165, 1.54) is 10.7 Å². The van der Waals surface area contributed by atoms with Crippen molar-refractivity contribution in [3.05, 3.63) is 53.1 Å². The highest BCUT2D eigenvalue weighted by atomic mass is 19.4. The van der Waals surface area contributed by atoms with Gasteiger partial charge in [-0.25, -0.2) is 4.39 Å². The topological polar surface area (TPSA) is 34.9 Å². The Hall–Kier alpha value is -2.18. The van der Waals surface area contributed by atoms with Crippen molar-refractivity contribution < 1.29 is 22.4 Å². The van der Waals surface area contributed by atoms with Crippen molar-refractivity contribution in [2.45, 2.75) is 12.6 Å². The Bertz CT molecular complexity index is 646. The summed E-state index contributed by atoms with van der Waals surface area (Å²) in [6.45, 7) is 0. The fraction of sp³-hybridized carbons (Fsp3) is 0.231. The van der Waals surface area contributed by atoms with Crippen LogP contribution in [0, 0.1) is 5.82 Å². The average Bonchev–Trinajstić information content (AvgIpc) is 2.73. The van der Waals surface area contributed by atoms with Crippen LogP contribution < -0.4 is 0 Å². The SMILES string of the molecule is Cn1ccc(CC(=O)c2cc(F)ccc2C(F)(F)F)n1. The molecular formula is C13H10F4N2O. The summed E-state index contributed by atoms with van der Waals surface area (Å²) in [5.41, 5.74) is -1.49. The molecule has 0 fully saturated rings. The number of aryl methyl sites for hydroxylation is 1. The molecule has 0 atom stereocenters. The van der Waals surface area contributed by atoms with Crippen LogP contribution >= 0.6 is 0 Å². The fourth-order valence-corrected chi connectivity index (χ4v) is 1.81. The van der Waals surface area contributed by atoms with Crippen molar-refractivity contribution in [3.8, 4) is 0 Å². The molecule has 0 N–H and O–H groups in total. The molecule has 106 valence electrons. The van der Waals surface area contributed by atoms with E-state index in [4.69, 9.17) is 0 Å². The molecule has 0 spiro atoms. The Morgan fingerprint density at radius 3 is 2.55 bits per heavy atom. The summed E-state index contributed by atoms with van der Waals surface area (Å²) in [5.74, 6) is -1.71. The third-order valence-electron chi connectivity index (χ3n) is 2.70. The fourth-order valence-electron chi connectivity index (χ4n) is 1.81. The van der Waals surface area contributed by atoms with Crippen molar-refractivity contribution >= 4 is 5.78 Å². The summed E-state index contributed by atoms with van der Waals surface area (Å²) in [6, 6.07) is 3.37. The number of rotatable bonds is 3. The molecule has 0 unspecified atom stereocenters. The third kappa shape index (κ3) is 3.04. The quantitative estimate of drug-likeness (QED) is 0.642.